The van der Waals surface area contributed by atoms with Crippen molar-refractivity contribution in [1.29, 1.82) is 0 Å². The fraction of sp³-hybridized carbons (Fsp3) is 0.308. The molecule has 96 valence electrons. The standard InChI is InChI=1S/C13H16N2O3/c14-11-2-3-12(16)10(9-11)1-4-13(17)15-5-7-18-8-6-15/h1-4,9,16H,5-8,14H2. The van der Waals surface area contributed by atoms with Gasteiger partial charge in [-0.15, -0.1) is 0 Å². The summed E-state index contributed by atoms with van der Waals surface area (Å²) < 4.78 is 5.17. The van der Waals surface area contributed by atoms with E-state index in [1.807, 2.05) is 0 Å². The smallest absolute Gasteiger partial charge is 0.246 e. The number of ether oxygens (including phenoxy) is 1. The fourth-order valence-electron chi connectivity index (χ4n) is 1.76. The van der Waals surface area contributed by atoms with Gasteiger partial charge in [0, 0.05) is 30.4 Å². The molecule has 0 spiro atoms. The molecule has 5 heteroatoms. The van der Waals surface area contributed by atoms with E-state index in [2.05, 4.69) is 0 Å². The zero-order valence-corrected chi connectivity index (χ0v) is 10.0. The number of amides is 1. The second-order valence-corrected chi connectivity index (χ2v) is 4.09. The van der Waals surface area contributed by atoms with Crippen LogP contribution < -0.4 is 5.73 Å². The molecule has 5 nitrogen and oxygen atoms in total. The van der Waals surface area contributed by atoms with Crippen LogP contribution in [0.5, 0.6) is 5.75 Å². The molecule has 1 aliphatic rings. The lowest BCUT2D eigenvalue weighted by Gasteiger charge is -2.25. The zero-order chi connectivity index (χ0) is 13.0. The Labute approximate surface area is 105 Å². The molecule has 1 fully saturated rings. The Morgan fingerprint density at radius 2 is 2.11 bits per heavy atom. The summed E-state index contributed by atoms with van der Waals surface area (Å²) in [6.07, 6.45) is 3.02. The highest BCUT2D eigenvalue weighted by molar-refractivity contribution is 5.92. The van der Waals surface area contributed by atoms with Crippen LogP contribution in [0.15, 0.2) is 24.3 Å². The predicted octanol–water partition coefficient (Wildman–Crippen LogP) is 0.846. The predicted molar refractivity (Wildman–Crippen MR) is 69.0 cm³/mol. The first-order chi connectivity index (χ1) is 8.66. The topological polar surface area (TPSA) is 75.8 Å². The van der Waals surface area contributed by atoms with Gasteiger partial charge in [0.05, 0.1) is 13.2 Å². The van der Waals surface area contributed by atoms with Crippen molar-refractivity contribution in [3.05, 3.63) is 29.8 Å². The summed E-state index contributed by atoms with van der Waals surface area (Å²) >= 11 is 0. The molecule has 1 heterocycles. The molecule has 1 aromatic rings. The number of hydrogen-bond donors (Lipinski definition) is 2. The highest BCUT2D eigenvalue weighted by atomic mass is 16.5. The van der Waals surface area contributed by atoms with Gasteiger partial charge in [0.2, 0.25) is 5.91 Å². The monoisotopic (exact) mass is 248 g/mol. The number of morpholine rings is 1. The molecule has 0 unspecified atom stereocenters. The molecule has 2 rings (SSSR count). The molecule has 1 aliphatic heterocycles. The average Bonchev–Trinajstić information content (AvgIpc) is 2.40. The number of rotatable bonds is 2. The maximum absolute atomic E-state index is 11.8. The Morgan fingerprint density at radius 3 is 2.83 bits per heavy atom. The lowest BCUT2D eigenvalue weighted by Crippen LogP contribution is -2.39. The van der Waals surface area contributed by atoms with Crippen LogP contribution in [-0.4, -0.2) is 42.2 Å². The maximum atomic E-state index is 11.8. The van der Waals surface area contributed by atoms with Gasteiger partial charge in [-0.2, -0.15) is 0 Å². The number of hydrogen-bond acceptors (Lipinski definition) is 4. The largest absolute Gasteiger partial charge is 0.507 e. The summed E-state index contributed by atoms with van der Waals surface area (Å²) in [5, 5.41) is 9.61. The van der Waals surface area contributed by atoms with Crippen molar-refractivity contribution >= 4 is 17.7 Å². The van der Waals surface area contributed by atoms with E-state index in [-0.39, 0.29) is 11.7 Å². The number of anilines is 1. The molecule has 1 aromatic carbocycles. The summed E-state index contributed by atoms with van der Waals surface area (Å²) in [5.74, 6) is 0.0235. The summed E-state index contributed by atoms with van der Waals surface area (Å²) in [6, 6.07) is 4.74. The van der Waals surface area contributed by atoms with Crippen molar-refractivity contribution < 1.29 is 14.6 Å². The minimum atomic E-state index is -0.0832. The number of carbonyl (C=O) groups excluding carboxylic acids is 1. The molecule has 0 aromatic heterocycles. The van der Waals surface area contributed by atoms with E-state index in [9.17, 15) is 9.90 Å². The van der Waals surface area contributed by atoms with Crippen LogP contribution in [0.1, 0.15) is 5.56 Å². The number of nitrogens with two attached hydrogens (primary N) is 1. The van der Waals surface area contributed by atoms with E-state index in [0.29, 0.717) is 37.6 Å². The molecule has 1 saturated heterocycles. The second kappa shape index (κ2) is 5.55. The molecule has 3 N–H and O–H groups in total. The summed E-state index contributed by atoms with van der Waals surface area (Å²) in [4.78, 5) is 13.5. The number of aromatic hydroxyl groups is 1. The number of nitrogens with zero attached hydrogens (tertiary/aromatic N) is 1. The van der Waals surface area contributed by atoms with Gasteiger partial charge < -0.3 is 20.5 Å². The van der Waals surface area contributed by atoms with Gasteiger partial charge in [0.15, 0.2) is 0 Å². The number of carbonyl (C=O) groups is 1. The SMILES string of the molecule is Nc1ccc(O)c(C=CC(=O)N2CCOCC2)c1. The Hall–Kier alpha value is -2.01. The van der Waals surface area contributed by atoms with Crippen molar-refractivity contribution in [3.8, 4) is 5.75 Å². The number of nitrogen functional groups attached to an aromatic ring is 1. The Kier molecular flexibility index (Phi) is 3.84. The fourth-order valence-corrected chi connectivity index (χ4v) is 1.76. The summed E-state index contributed by atoms with van der Waals surface area (Å²) in [5.41, 5.74) is 6.71. The quantitative estimate of drug-likeness (QED) is 0.462. The van der Waals surface area contributed by atoms with Crippen LogP contribution in [0.25, 0.3) is 6.08 Å². The molecular weight excluding hydrogens is 232 g/mol. The molecule has 0 saturated carbocycles. The molecule has 18 heavy (non-hydrogen) atoms. The lowest BCUT2D eigenvalue weighted by atomic mass is 10.1. The van der Waals surface area contributed by atoms with Crippen molar-refractivity contribution in [2.45, 2.75) is 0 Å². The summed E-state index contributed by atoms with van der Waals surface area (Å²) in [7, 11) is 0. The number of phenolic OH excluding ortho intramolecular Hbond substituents is 1. The maximum Gasteiger partial charge on any atom is 0.246 e. The van der Waals surface area contributed by atoms with Gasteiger partial charge in [-0.05, 0) is 24.3 Å². The van der Waals surface area contributed by atoms with E-state index >= 15 is 0 Å². The van der Waals surface area contributed by atoms with Crippen LogP contribution in [0.2, 0.25) is 0 Å². The first-order valence-corrected chi connectivity index (χ1v) is 5.80. The van der Waals surface area contributed by atoms with Gasteiger partial charge in [0.25, 0.3) is 0 Å². The van der Waals surface area contributed by atoms with Crippen molar-refractivity contribution in [3.63, 3.8) is 0 Å². The average molecular weight is 248 g/mol. The van der Waals surface area contributed by atoms with E-state index in [4.69, 9.17) is 10.5 Å². The second-order valence-electron chi connectivity index (χ2n) is 4.09. The lowest BCUT2D eigenvalue weighted by molar-refractivity contribution is -0.129. The van der Waals surface area contributed by atoms with E-state index in [1.165, 1.54) is 12.1 Å². The van der Waals surface area contributed by atoms with Gasteiger partial charge in [-0.25, -0.2) is 0 Å². The van der Waals surface area contributed by atoms with Crippen LogP contribution in [0, 0.1) is 0 Å². The zero-order valence-electron chi connectivity index (χ0n) is 10.0. The Balaban J connectivity index is 2.05. The minimum absolute atomic E-state index is 0.0832. The van der Waals surface area contributed by atoms with Gasteiger partial charge in [0.1, 0.15) is 5.75 Å². The third-order valence-electron chi connectivity index (χ3n) is 2.78. The van der Waals surface area contributed by atoms with Gasteiger partial charge >= 0.3 is 0 Å². The van der Waals surface area contributed by atoms with E-state index in [0.717, 1.165) is 0 Å². The molecular formula is C13H16N2O3. The van der Waals surface area contributed by atoms with Crippen molar-refractivity contribution in [2.24, 2.45) is 0 Å². The van der Waals surface area contributed by atoms with Crippen LogP contribution in [-0.2, 0) is 9.53 Å². The number of benzene rings is 1. The highest BCUT2D eigenvalue weighted by Gasteiger charge is 2.14. The Morgan fingerprint density at radius 1 is 1.39 bits per heavy atom. The molecule has 0 bridgehead atoms. The molecule has 0 atom stereocenters. The summed E-state index contributed by atoms with van der Waals surface area (Å²) in [6.45, 7) is 2.35. The highest BCUT2D eigenvalue weighted by Crippen LogP contribution is 2.21. The molecule has 0 radical (unpaired) electrons. The van der Waals surface area contributed by atoms with E-state index in [1.54, 1.807) is 23.1 Å². The van der Waals surface area contributed by atoms with Gasteiger partial charge in [-0.3, -0.25) is 4.79 Å². The first kappa shape index (κ1) is 12.4. The van der Waals surface area contributed by atoms with Crippen molar-refractivity contribution in [2.75, 3.05) is 32.0 Å². The van der Waals surface area contributed by atoms with Gasteiger partial charge in [-0.1, -0.05) is 0 Å². The number of phenols is 1. The van der Waals surface area contributed by atoms with E-state index < -0.39 is 0 Å². The third-order valence-corrected chi connectivity index (χ3v) is 2.78. The molecule has 1 amide bonds. The normalized spacial score (nSPS) is 16.1. The van der Waals surface area contributed by atoms with Crippen molar-refractivity contribution in [1.82, 2.24) is 4.90 Å². The van der Waals surface area contributed by atoms with Crippen LogP contribution in [0.3, 0.4) is 0 Å². The molecule has 0 aliphatic carbocycles. The Bertz CT molecular complexity index is 465. The van der Waals surface area contributed by atoms with Crippen LogP contribution in [0.4, 0.5) is 5.69 Å². The minimum Gasteiger partial charge on any atom is -0.507 e. The third kappa shape index (κ3) is 3.01. The first-order valence-electron chi connectivity index (χ1n) is 5.80. The van der Waals surface area contributed by atoms with Crippen LogP contribution >= 0.6 is 0 Å².